The average molecular weight is 333 g/mol. The van der Waals surface area contributed by atoms with Gasteiger partial charge in [0.25, 0.3) is 5.91 Å². The highest BCUT2D eigenvalue weighted by Gasteiger charge is 2.20. The van der Waals surface area contributed by atoms with E-state index in [9.17, 15) is 17.6 Å². The van der Waals surface area contributed by atoms with Crippen molar-refractivity contribution < 1.29 is 17.6 Å². The second kappa shape index (κ2) is 5.43. The number of hydrogen-bond acceptors (Lipinski definition) is 4. The Bertz CT molecular complexity index is 819. The van der Waals surface area contributed by atoms with Crippen LogP contribution >= 0.6 is 11.6 Å². The maximum absolute atomic E-state index is 13.0. The minimum Gasteiger partial charge on any atom is -0.304 e. The summed E-state index contributed by atoms with van der Waals surface area (Å²) in [6.45, 7) is 0. The lowest BCUT2D eigenvalue weighted by atomic mass is 10.2. The highest BCUT2D eigenvalue weighted by atomic mass is 35.5. The van der Waals surface area contributed by atoms with Crippen LogP contribution in [0.1, 0.15) is 10.4 Å². The third-order valence-electron chi connectivity index (χ3n) is 2.52. The van der Waals surface area contributed by atoms with Gasteiger partial charge < -0.3 is 5.32 Å². The zero-order valence-corrected chi connectivity index (χ0v) is 12.2. The van der Waals surface area contributed by atoms with E-state index in [1.807, 2.05) is 0 Å². The number of hydrogen-bond donors (Lipinski definition) is 2. The third kappa shape index (κ3) is 3.38. The van der Waals surface area contributed by atoms with E-state index in [0.29, 0.717) is 0 Å². The van der Waals surface area contributed by atoms with E-state index >= 15 is 0 Å². The SMILES string of the molecule is Cn1cc(S(N)(=O)=O)c(NC(=O)c2ccc(F)c(Cl)c2)n1. The van der Waals surface area contributed by atoms with Crippen LogP contribution in [-0.2, 0) is 17.1 Å². The second-order valence-corrected chi connectivity index (χ2v) is 6.08. The fraction of sp³-hybridized carbons (Fsp3) is 0.0909. The van der Waals surface area contributed by atoms with Crippen LogP contribution in [0.15, 0.2) is 29.3 Å². The van der Waals surface area contributed by atoms with Crippen LogP contribution in [0.25, 0.3) is 0 Å². The fourth-order valence-electron chi connectivity index (χ4n) is 1.58. The smallest absolute Gasteiger partial charge is 0.256 e. The first-order chi connectivity index (χ1) is 9.68. The Labute approximate surface area is 124 Å². The highest BCUT2D eigenvalue weighted by molar-refractivity contribution is 7.89. The summed E-state index contributed by atoms with van der Waals surface area (Å²) in [6, 6.07) is 3.35. The van der Waals surface area contributed by atoms with Gasteiger partial charge in [0, 0.05) is 18.8 Å². The number of amides is 1. The van der Waals surface area contributed by atoms with Crippen molar-refractivity contribution in [2.45, 2.75) is 4.90 Å². The normalized spacial score (nSPS) is 11.4. The number of halogens is 2. The van der Waals surface area contributed by atoms with E-state index in [-0.39, 0.29) is 21.3 Å². The molecule has 1 aromatic heterocycles. The minimum absolute atomic E-state index is 0.0485. The summed E-state index contributed by atoms with van der Waals surface area (Å²) in [7, 11) is -2.57. The molecule has 3 N–H and O–H groups in total. The molecule has 2 aromatic rings. The Hall–Kier alpha value is -1.97. The van der Waals surface area contributed by atoms with Gasteiger partial charge in [-0.2, -0.15) is 5.10 Å². The Balaban J connectivity index is 2.34. The van der Waals surface area contributed by atoms with Crippen molar-refractivity contribution in [1.29, 1.82) is 0 Å². The van der Waals surface area contributed by atoms with Crippen molar-refractivity contribution in [3.8, 4) is 0 Å². The molecule has 0 unspecified atom stereocenters. The zero-order valence-electron chi connectivity index (χ0n) is 10.7. The molecule has 10 heteroatoms. The summed E-state index contributed by atoms with van der Waals surface area (Å²) in [5.41, 5.74) is 0.0485. The molecule has 1 heterocycles. The van der Waals surface area contributed by atoms with Gasteiger partial charge in [-0.1, -0.05) is 11.6 Å². The van der Waals surface area contributed by atoms with Crippen LogP contribution in [0.4, 0.5) is 10.2 Å². The number of rotatable bonds is 3. The summed E-state index contributed by atoms with van der Waals surface area (Å²) >= 11 is 5.58. The molecule has 0 fully saturated rings. The molecule has 0 aliphatic heterocycles. The second-order valence-electron chi connectivity index (χ2n) is 4.14. The van der Waals surface area contributed by atoms with Crippen molar-refractivity contribution in [2.24, 2.45) is 12.2 Å². The molecule has 21 heavy (non-hydrogen) atoms. The number of aromatic nitrogens is 2. The van der Waals surface area contributed by atoms with Gasteiger partial charge in [-0.15, -0.1) is 0 Å². The van der Waals surface area contributed by atoms with E-state index in [2.05, 4.69) is 10.4 Å². The van der Waals surface area contributed by atoms with Crippen molar-refractivity contribution in [2.75, 3.05) is 5.32 Å². The summed E-state index contributed by atoms with van der Waals surface area (Å²) in [5, 5.41) is 10.9. The van der Waals surface area contributed by atoms with Crippen LogP contribution < -0.4 is 10.5 Å². The minimum atomic E-state index is -4.04. The molecule has 0 bridgehead atoms. The van der Waals surface area contributed by atoms with Crippen LogP contribution in [-0.4, -0.2) is 24.1 Å². The Morgan fingerprint density at radius 1 is 1.48 bits per heavy atom. The molecule has 0 aliphatic rings. The standard InChI is InChI=1S/C11H10ClFN4O3S/c1-17-5-9(21(14,19)20)10(16-17)15-11(18)6-2-3-8(13)7(12)4-6/h2-5H,1H3,(H2,14,19,20)(H,15,16,18). The quantitative estimate of drug-likeness (QED) is 0.877. The number of primary sulfonamides is 1. The van der Waals surface area contributed by atoms with E-state index in [1.54, 1.807) is 0 Å². The molecule has 0 radical (unpaired) electrons. The van der Waals surface area contributed by atoms with E-state index < -0.39 is 21.7 Å². The molecule has 7 nitrogen and oxygen atoms in total. The predicted molar refractivity (Wildman–Crippen MR) is 73.9 cm³/mol. The Kier molecular flexibility index (Phi) is 3.99. The summed E-state index contributed by atoms with van der Waals surface area (Å²) in [5.74, 6) is -1.58. The molecule has 1 amide bonds. The van der Waals surface area contributed by atoms with Gasteiger partial charge in [0.2, 0.25) is 10.0 Å². The first-order valence-electron chi connectivity index (χ1n) is 5.51. The van der Waals surface area contributed by atoms with E-state index in [0.717, 1.165) is 18.3 Å². The number of benzene rings is 1. The van der Waals surface area contributed by atoms with Crippen molar-refractivity contribution in [3.05, 3.63) is 40.8 Å². The van der Waals surface area contributed by atoms with Crippen LogP contribution in [0.3, 0.4) is 0 Å². The summed E-state index contributed by atoms with van der Waals surface area (Å²) in [6.07, 6.45) is 1.16. The first kappa shape index (κ1) is 15.4. The number of carbonyl (C=O) groups is 1. The summed E-state index contributed by atoms with van der Waals surface area (Å²) in [4.78, 5) is 11.7. The average Bonchev–Trinajstić information content (AvgIpc) is 2.73. The maximum Gasteiger partial charge on any atom is 0.256 e. The molecular formula is C11H10ClFN4O3S. The first-order valence-corrected chi connectivity index (χ1v) is 7.44. The Morgan fingerprint density at radius 3 is 2.71 bits per heavy atom. The molecule has 2 rings (SSSR count). The zero-order chi connectivity index (χ0) is 15.8. The fourth-order valence-corrected chi connectivity index (χ4v) is 2.42. The lowest BCUT2D eigenvalue weighted by Crippen LogP contribution is -2.17. The molecule has 0 saturated carbocycles. The maximum atomic E-state index is 13.0. The van der Waals surface area contributed by atoms with Crippen LogP contribution in [0.2, 0.25) is 5.02 Å². The van der Waals surface area contributed by atoms with Crippen molar-refractivity contribution >= 4 is 33.3 Å². The van der Waals surface area contributed by atoms with Crippen molar-refractivity contribution in [3.63, 3.8) is 0 Å². The monoisotopic (exact) mass is 332 g/mol. The van der Waals surface area contributed by atoms with Gasteiger partial charge in [-0.25, -0.2) is 17.9 Å². The number of carbonyl (C=O) groups excluding carboxylic acids is 1. The molecular weight excluding hydrogens is 323 g/mol. The number of sulfonamides is 1. The van der Waals surface area contributed by atoms with Gasteiger partial charge in [0.15, 0.2) is 5.82 Å². The Morgan fingerprint density at radius 2 is 2.14 bits per heavy atom. The summed E-state index contributed by atoms with van der Waals surface area (Å²) < 4.78 is 37.0. The molecule has 0 spiro atoms. The van der Waals surface area contributed by atoms with Crippen LogP contribution in [0, 0.1) is 5.82 Å². The van der Waals surface area contributed by atoms with Gasteiger partial charge >= 0.3 is 0 Å². The number of nitrogens with one attached hydrogen (secondary N) is 1. The molecule has 0 aliphatic carbocycles. The molecule has 1 aromatic carbocycles. The number of nitrogens with two attached hydrogens (primary N) is 1. The predicted octanol–water partition coefficient (Wildman–Crippen LogP) is 1.11. The van der Waals surface area contributed by atoms with Gasteiger partial charge in [-0.05, 0) is 18.2 Å². The molecule has 0 saturated heterocycles. The topological polar surface area (TPSA) is 107 Å². The largest absolute Gasteiger partial charge is 0.304 e. The van der Waals surface area contributed by atoms with Gasteiger partial charge in [-0.3, -0.25) is 9.48 Å². The third-order valence-corrected chi connectivity index (χ3v) is 3.72. The van der Waals surface area contributed by atoms with E-state index in [4.69, 9.17) is 16.7 Å². The lowest BCUT2D eigenvalue weighted by Gasteiger charge is -2.04. The van der Waals surface area contributed by atoms with Crippen LogP contribution in [0.5, 0.6) is 0 Å². The number of anilines is 1. The number of aryl methyl sites for hydroxylation is 1. The van der Waals surface area contributed by atoms with Crippen molar-refractivity contribution in [1.82, 2.24) is 9.78 Å². The van der Waals surface area contributed by atoms with Gasteiger partial charge in [0.05, 0.1) is 5.02 Å². The van der Waals surface area contributed by atoms with E-state index in [1.165, 1.54) is 17.8 Å². The molecule has 0 atom stereocenters. The lowest BCUT2D eigenvalue weighted by molar-refractivity contribution is 0.102. The highest BCUT2D eigenvalue weighted by Crippen LogP contribution is 2.20. The van der Waals surface area contributed by atoms with Gasteiger partial charge in [0.1, 0.15) is 10.7 Å². The number of nitrogens with zero attached hydrogens (tertiary/aromatic N) is 2. The molecule has 112 valence electrons.